The van der Waals surface area contributed by atoms with Crippen LogP contribution in [0.3, 0.4) is 0 Å². The predicted molar refractivity (Wildman–Crippen MR) is 81.1 cm³/mol. The summed E-state index contributed by atoms with van der Waals surface area (Å²) in [6.45, 7) is 6.79. The lowest BCUT2D eigenvalue weighted by Crippen LogP contribution is -2.46. The van der Waals surface area contributed by atoms with Crippen LogP contribution in [0.4, 0.5) is 5.69 Å². The highest BCUT2D eigenvalue weighted by Crippen LogP contribution is 2.26. The van der Waals surface area contributed by atoms with Crippen LogP contribution in [-0.2, 0) is 22.9 Å². The van der Waals surface area contributed by atoms with Crippen LogP contribution >= 0.6 is 0 Å². The summed E-state index contributed by atoms with van der Waals surface area (Å²) in [7, 11) is -3.72. The number of aliphatic hydroxyl groups excluding tert-OH is 1. The highest BCUT2D eigenvalue weighted by atomic mass is 32.2. The lowest BCUT2D eigenvalue weighted by atomic mass is 10.1. The smallest absolute Gasteiger partial charge is 0.241 e. The Morgan fingerprint density at radius 1 is 1.25 bits per heavy atom. The average Bonchev–Trinajstić information content (AvgIpc) is 2.36. The second-order valence-corrected chi connectivity index (χ2v) is 7.17. The second kappa shape index (κ2) is 6.11. The minimum Gasteiger partial charge on any atom is -0.398 e. The normalized spacial score (nSPS) is 12.7. The standard InChI is InChI=1S/C14H24N2O3S/c1-5-10-7-12(15)11(6-2)13(8-10)20(18,19)16-14(3,4)9-17/h7-8,16-17H,5-6,9,15H2,1-4H3. The molecule has 0 fully saturated rings. The van der Waals surface area contributed by atoms with Gasteiger partial charge < -0.3 is 10.8 Å². The Morgan fingerprint density at radius 3 is 2.30 bits per heavy atom. The number of hydrogen-bond acceptors (Lipinski definition) is 4. The van der Waals surface area contributed by atoms with Crippen LogP contribution in [-0.4, -0.2) is 25.7 Å². The van der Waals surface area contributed by atoms with Crippen LogP contribution in [0.5, 0.6) is 0 Å². The van der Waals surface area contributed by atoms with E-state index in [0.717, 1.165) is 5.56 Å². The fraction of sp³-hybridized carbons (Fsp3) is 0.571. The molecule has 0 radical (unpaired) electrons. The first-order valence-electron chi connectivity index (χ1n) is 6.73. The van der Waals surface area contributed by atoms with Gasteiger partial charge >= 0.3 is 0 Å². The van der Waals surface area contributed by atoms with E-state index in [4.69, 9.17) is 5.73 Å². The fourth-order valence-electron chi connectivity index (χ4n) is 2.00. The average molecular weight is 300 g/mol. The highest BCUT2D eigenvalue weighted by molar-refractivity contribution is 7.89. The number of benzene rings is 1. The van der Waals surface area contributed by atoms with E-state index >= 15 is 0 Å². The Morgan fingerprint density at radius 2 is 1.85 bits per heavy atom. The summed E-state index contributed by atoms with van der Waals surface area (Å²) in [5, 5.41) is 9.23. The van der Waals surface area contributed by atoms with Crippen LogP contribution in [0.15, 0.2) is 17.0 Å². The number of nitrogens with one attached hydrogen (secondary N) is 1. The van der Waals surface area contributed by atoms with Crippen LogP contribution in [0.25, 0.3) is 0 Å². The summed E-state index contributed by atoms with van der Waals surface area (Å²) in [5.41, 5.74) is 7.03. The van der Waals surface area contributed by atoms with Crippen LogP contribution in [0, 0.1) is 0 Å². The molecule has 0 bridgehead atoms. The Kier molecular flexibility index (Phi) is 5.18. The second-order valence-electron chi connectivity index (χ2n) is 5.52. The lowest BCUT2D eigenvalue weighted by Gasteiger charge is -2.24. The minimum atomic E-state index is -3.72. The molecule has 114 valence electrons. The molecule has 0 aromatic heterocycles. The molecule has 20 heavy (non-hydrogen) atoms. The summed E-state index contributed by atoms with van der Waals surface area (Å²) < 4.78 is 27.6. The Bertz CT molecular complexity index is 580. The molecule has 0 saturated carbocycles. The number of nitrogen functional groups attached to an aromatic ring is 1. The predicted octanol–water partition coefficient (Wildman–Crippen LogP) is 1.44. The molecular weight excluding hydrogens is 276 g/mol. The van der Waals surface area contributed by atoms with Crippen molar-refractivity contribution in [2.75, 3.05) is 12.3 Å². The van der Waals surface area contributed by atoms with Gasteiger partial charge in [-0.2, -0.15) is 0 Å². The number of sulfonamides is 1. The van der Waals surface area contributed by atoms with Crippen molar-refractivity contribution >= 4 is 15.7 Å². The summed E-state index contributed by atoms with van der Waals surface area (Å²) in [6.07, 6.45) is 1.24. The monoisotopic (exact) mass is 300 g/mol. The number of hydrogen-bond donors (Lipinski definition) is 3. The maximum atomic E-state index is 12.5. The van der Waals surface area contributed by atoms with E-state index in [2.05, 4.69) is 4.72 Å². The summed E-state index contributed by atoms with van der Waals surface area (Å²) in [4.78, 5) is 0.207. The summed E-state index contributed by atoms with van der Waals surface area (Å²) in [5.74, 6) is 0. The van der Waals surface area contributed by atoms with Crippen LogP contribution in [0.2, 0.25) is 0 Å². The Hall–Kier alpha value is -1.11. The van der Waals surface area contributed by atoms with Crippen molar-refractivity contribution in [2.45, 2.75) is 51.0 Å². The molecule has 0 aliphatic rings. The van der Waals surface area contributed by atoms with Crippen molar-refractivity contribution in [1.29, 1.82) is 0 Å². The molecule has 0 aliphatic heterocycles. The largest absolute Gasteiger partial charge is 0.398 e. The maximum absolute atomic E-state index is 12.5. The van der Waals surface area contributed by atoms with E-state index in [9.17, 15) is 13.5 Å². The number of aryl methyl sites for hydroxylation is 1. The number of anilines is 1. The Balaban J connectivity index is 3.40. The van der Waals surface area contributed by atoms with Crippen molar-refractivity contribution < 1.29 is 13.5 Å². The number of aliphatic hydroxyl groups is 1. The molecule has 0 heterocycles. The van der Waals surface area contributed by atoms with E-state index in [1.54, 1.807) is 19.9 Å². The summed E-state index contributed by atoms with van der Waals surface area (Å²) >= 11 is 0. The first-order valence-corrected chi connectivity index (χ1v) is 8.21. The first kappa shape index (κ1) is 16.9. The van der Waals surface area contributed by atoms with Crippen molar-refractivity contribution in [3.8, 4) is 0 Å². The zero-order valence-corrected chi connectivity index (χ0v) is 13.3. The van der Waals surface area contributed by atoms with Gasteiger partial charge in [-0.15, -0.1) is 0 Å². The zero-order valence-electron chi connectivity index (χ0n) is 12.5. The maximum Gasteiger partial charge on any atom is 0.241 e. The molecule has 4 N–H and O–H groups in total. The minimum absolute atomic E-state index is 0.207. The van der Waals surface area contributed by atoms with Crippen LogP contribution < -0.4 is 10.5 Å². The van der Waals surface area contributed by atoms with E-state index in [1.165, 1.54) is 0 Å². The lowest BCUT2D eigenvalue weighted by molar-refractivity contribution is 0.208. The van der Waals surface area contributed by atoms with Crippen molar-refractivity contribution in [3.05, 3.63) is 23.3 Å². The third kappa shape index (κ3) is 3.71. The molecule has 1 aromatic rings. The van der Waals surface area contributed by atoms with Gasteiger partial charge in [-0.25, -0.2) is 13.1 Å². The molecule has 0 spiro atoms. The van der Waals surface area contributed by atoms with Gasteiger partial charge in [0.15, 0.2) is 0 Å². The topological polar surface area (TPSA) is 92.4 Å². The van der Waals surface area contributed by atoms with Gasteiger partial charge in [-0.3, -0.25) is 0 Å². The van der Waals surface area contributed by atoms with Gasteiger partial charge in [0, 0.05) is 5.69 Å². The molecule has 0 atom stereocenters. The molecule has 0 saturated heterocycles. The summed E-state index contributed by atoms with van der Waals surface area (Å²) in [6, 6.07) is 3.47. The van der Waals surface area contributed by atoms with E-state index in [0.29, 0.717) is 24.1 Å². The first-order chi connectivity index (χ1) is 9.16. The van der Waals surface area contributed by atoms with Gasteiger partial charge in [0.05, 0.1) is 17.0 Å². The van der Waals surface area contributed by atoms with Gasteiger partial charge in [0.2, 0.25) is 10.0 Å². The SMILES string of the molecule is CCc1cc(N)c(CC)c(S(=O)(=O)NC(C)(C)CO)c1. The van der Waals surface area contributed by atoms with E-state index in [1.807, 2.05) is 19.9 Å². The van der Waals surface area contributed by atoms with Gasteiger partial charge in [-0.1, -0.05) is 13.8 Å². The van der Waals surface area contributed by atoms with Gasteiger partial charge in [0.1, 0.15) is 0 Å². The Labute approximate surface area is 121 Å². The number of rotatable bonds is 6. The third-order valence-corrected chi connectivity index (χ3v) is 4.93. The number of nitrogens with two attached hydrogens (primary N) is 1. The zero-order chi connectivity index (χ0) is 15.6. The molecule has 0 unspecified atom stereocenters. The van der Waals surface area contributed by atoms with Crippen LogP contribution in [0.1, 0.15) is 38.8 Å². The quantitative estimate of drug-likeness (QED) is 0.693. The molecule has 0 amide bonds. The van der Waals surface area contributed by atoms with E-state index in [-0.39, 0.29) is 11.5 Å². The molecule has 1 aromatic carbocycles. The van der Waals surface area contributed by atoms with Gasteiger partial charge in [-0.05, 0) is 49.9 Å². The molecule has 1 rings (SSSR count). The highest BCUT2D eigenvalue weighted by Gasteiger charge is 2.28. The molecule has 0 aliphatic carbocycles. The van der Waals surface area contributed by atoms with Gasteiger partial charge in [0.25, 0.3) is 0 Å². The van der Waals surface area contributed by atoms with Crippen molar-refractivity contribution in [2.24, 2.45) is 0 Å². The molecule has 5 nitrogen and oxygen atoms in total. The molecule has 6 heteroatoms. The van der Waals surface area contributed by atoms with Crippen molar-refractivity contribution in [1.82, 2.24) is 4.72 Å². The third-order valence-electron chi connectivity index (χ3n) is 3.16. The molecular formula is C14H24N2O3S. The van der Waals surface area contributed by atoms with Crippen molar-refractivity contribution in [3.63, 3.8) is 0 Å². The van der Waals surface area contributed by atoms with E-state index < -0.39 is 15.6 Å². The fourth-order valence-corrected chi connectivity index (χ4v) is 3.79.